The number of aliphatic carboxylic acids is 1. The van der Waals surface area contributed by atoms with E-state index in [1.165, 1.54) is 6.08 Å². The Bertz CT molecular complexity index is 452. The zero-order valence-electron chi connectivity index (χ0n) is 15.1. The smallest absolute Gasteiger partial charge is 0.408 e. The molecule has 24 heavy (non-hydrogen) atoms. The van der Waals surface area contributed by atoms with Crippen molar-refractivity contribution in [1.29, 1.82) is 0 Å². The zero-order chi connectivity index (χ0) is 18.9. The number of amides is 1. The van der Waals surface area contributed by atoms with Crippen LogP contribution in [0.25, 0.3) is 0 Å². The third kappa shape index (κ3) is 10.6. The fourth-order valence-electron chi connectivity index (χ4n) is 1.96. The molecule has 0 fully saturated rings. The molecule has 0 rings (SSSR count). The minimum Gasteiger partial charge on any atom is -0.481 e. The fourth-order valence-corrected chi connectivity index (χ4v) is 1.96. The number of esters is 1. The molecule has 0 saturated carbocycles. The maximum absolute atomic E-state index is 12.0. The molecule has 0 bridgehead atoms. The van der Waals surface area contributed by atoms with Crippen molar-refractivity contribution in [3.05, 3.63) is 12.7 Å². The van der Waals surface area contributed by atoms with Crippen LogP contribution >= 0.6 is 0 Å². The molecule has 0 heterocycles. The highest BCUT2D eigenvalue weighted by atomic mass is 16.6. The van der Waals surface area contributed by atoms with Gasteiger partial charge in [-0.3, -0.25) is 9.59 Å². The molecule has 0 aromatic heterocycles. The Balaban J connectivity index is 4.90. The highest BCUT2D eigenvalue weighted by Crippen LogP contribution is 2.15. The van der Waals surface area contributed by atoms with Crippen LogP contribution in [0, 0.1) is 5.92 Å². The number of hydrogen-bond acceptors (Lipinski definition) is 5. The molecule has 138 valence electrons. The molecule has 1 amide bonds. The molecule has 0 aliphatic carbocycles. The first-order valence-corrected chi connectivity index (χ1v) is 7.98. The van der Waals surface area contributed by atoms with Gasteiger partial charge in [0.15, 0.2) is 0 Å². The Morgan fingerprint density at radius 3 is 2.21 bits per heavy atom. The van der Waals surface area contributed by atoms with E-state index in [0.717, 1.165) is 0 Å². The summed E-state index contributed by atoms with van der Waals surface area (Å²) in [4.78, 5) is 34.2. The van der Waals surface area contributed by atoms with E-state index in [1.54, 1.807) is 20.8 Å². The summed E-state index contributed by atoms with van der Waals surface area (Å²) in [7, 11) is 0. The van der Waals surface area contributed by atoms with E-state index in [-0.39, 0.29) is 18.8 Å². The summed E-state index contributed by atoms with van der Waals surface area (Å²) in [6.45, 7) is 12.8. The van der Waals surface area contributed by atoms with Crippen molar-refractivity contribution < 1.29 is 29.0 Å². The van der Waals surface area contributed by atoms with Gasteiger partial charge in [0, 0.05) is 0 Å². The molecule has 0 aromatic rings. The molecule has 0 radical (unpaired) electrons. The number of hydrogen-bond donors (Lipinski definition) is 2. The first-order chi connectivity index (χ1) is 10.9. The van der Waals surface area contributed by atoms with Crippen LogP contribution in [0.5, 0.6) is 0 Å². The molecular formula is C17H29NO6. The van der Waals surface area contributed by atoms with Crippen LogP contribution in [-0.2, 0) is 19.1 Å². The van der Waals surface area contributed by atoms with E-state index in [4.69, 9.17) is 14.6 Å². The predicted octanol–water partition coefficient (Wildman–Crippen LogP) is 2.89. The summed E-state index contributed by atoms with van der Waals surface area (Å²) in [6.07, 6.45) is 0.0470. The number of carboxylic acids is 1. The summed E-state index contributed by atoms with van der Waals surface area (Å²) in [5.74, 6) is -1.50. The van der Waals surface area contributed by atoms with Gasteiger partial charge in [-0.2, -0.15) is 0 Å². The van der Waals surface area contributed by atoms with Crippen molar-refractivity contribution in [1.82, 2.24) is 5.32 Å². The summed E-state index contributed by atoms with van der Waals surface area (Å²) >= 11 is 0. The van der Waals surface area contributed by atoms with Gasteiger partial charge in [0.25, 0.3) is 0 Å². The monoisotopic (exact) mass is 343 g/mol. The van der Waals surface area contributed by atoms with Gasteiger partial charge in [0.2, 0.25) is 0 Å². The van der Waals surface area contributed by atoms with E-state index in [1.807, 2.05) is 13.8 Å². The molecular weight excluding hydrogens is 314 g/mol. The zero-order valence-corrected chi connectivity index (χ0v) is 15.1. The second-order valence-corrected chi connectivity index (χ2v) is 6.97. The lowest BCUT2D eigenvalue weighted by molar-refractivity contribution is -0.151. The third-order valence-corrected chi connectivity index (χ3v) is 2.87. The quantitative estimate of drug-likeness (QED) is 0.493. The summed E-state index contributed by atoms with van der Waals surface area (Å²) in [5, 5.41) is 11.3. The molecule has 2 atom stereocenters. The summed E-state index contributed by atoms with van der Waals surface area (Å²) in [6, 6.07) is -0.508. The van der Waals surface area contributed by atoms with Gasteiger partial charge in [-0.1, -0.05) is 20.4 Å². The van der Waals surface area contributed by atoms with Crippen molar-refractivity contribution in [2.75, 3.05) is 0 Å². The lowest BCUT2D eigenvalue weighted by atomic mass is 9.99. The normalized spacial score (nSPS) is 13.8. The van der Waals surface area contributed by atoms with Crippen LogP contribution in [0.2, 0.25) is 0 Å². The molecule has 2 N–H and O–H groups in total. The Kier molecular flexibility index (Phi) is 9.10. The van der Waals surface area contributed by atoms with Gasteiger partial charge in [-0.25, -0.2) is 4.79 Å². The Hall–Kier alpha value is -2.05. The maximum Gasteiger partial charge on any atom is 0.408 e. The molecule has 0 aromatic carbocycles. The Morgan fingerprint density at radius 1 is 1.21 bits per heavy atom. The number of carboxylic acid groups (broad SMARTS) is 1. The van der Waals surface area contributed by atoms with E-state index in [9.17, 15) is 14.4 Å². The highest BCUT2D eigenvalue weighted by Gasteiger charge is 2.27. The van der Waals surface area contributed by atoms with Crippen molar-refractivity contribution in [2.24, 2.45) is 5.92 Å². The molecule has 0 spiro atoms. The summed E-state index contributed by atoms with van der Waals surface area (Å²) in [5.41, 5.74) is -0.645. The average Bonchev–Trinajstić information content (AvgIpc) is 2.39. The lowest BCUT2D eigenvalue weighted by Crippen LogP contribution is -2.47. The molecule has 7 heteroatoms. The number of nitrogens with one attached hydrogen (secondary N) is 1. The standard InChI is InChI=1S/C17H29NO6/c1-7-13(23-15(21)9-8-14(19)20)12(10-11(2)3)18-16(22)24-17(4,5)6/h7,11-13H,1,8-10H2,2-6H3,(H,18,22)(H,19,20)/t12-,13?/m0/s1. The van der Waals surface area contributed by atoms with Crippen LogP contribution in [0.15, 0.2) is 12.7 Å². The molecule has 1 unspecified atom stereocenters. The molecule has 0 saturated heterocycles. The summed E-state index contributed by atoms with van der Waals surface area (Å²) < 4.78 is 10.5. The molecule has 0 aliphatic heterocycles. The Morgan fingerprint density at radius 2 is 1.79 bits per heavy atom. The van der Waals surface area contributed by atoms with Gasteiger partial charge in [-0.15, -0.1) is 0 Å². The fraction of sp³-hybridized carbons (Fsp3) is 0.706. The van der Waals surface area contributed by atoms with Gasteiger partial charge in [-0.05, 0) is 39.2 Å². The minimum atomic E-state index is -1.08. The number of rotatable bonds is 9. The molecule has 0 aliphatic rings. The van der Waals surface area contributed by atoms with Crippen molar-refractivity contribution in [2.45, 2.75) is 71.6 Å². The van der Waals surface area contributed by atoms with Crippen LogP contribution < -0.4 is 5.32 Å². The van der Waals surface area contributed by atoms with E-state index in [0.29, 0.717) is 6.42 Å². The van der Waals surface area contributed by atoms with E-state index < -0.39 is 35.8 Å². The first kappa shape index (κ1) is 21.9. The van der Waals surface area contributed by atoms with Crippen molar-refractivity contribution in [3.63, 3.8) is 0 Å². The maximum atomic E-state index is 12.0. The van der Waals surface area contributed by atoms with Gasteiger partial charge < -0.3 is 19.9 Å². The number of alkyl carbamates (subject to hydrolysis) is 1. The number of carbonyl (C=O) groups excluding carboxylic acids is 2. The largest absolute Gasteiger partial charge is 0.481 e. The van der Waals surface area contributed by atoms with Crippen LogP contribution in [0.1, 0.15) is 53.9 Å². The van der Waals surface area contributed by atoms with Crippen LogP contribution in [-0.4, -0.2) is 40.9 Å². The Labute approximate surface area is 143 Å². The average molecular weight is 343 g/mol. The van der Waals surface area contributed by atoms with Crippen molar-refractivity contribution >= 4 is 18.0 Å². The van der Waals surface area contributed by atoms with Crippen molar-refractivity contribution in [3.8, 4) is 0 Å². The van der Waals surface area contributed by atoms with Crippen LogP contribution in [0.4, 0.5) is 4.79 Å². The van der Waals surface area contributed by atoms with E-state index >= 15 is 0 Å². The second-order valence-electron chi connectivity index (χ2n) is 6.97. The van der Waals surface area contributed by atoms with Gasteiger partial charge in [0.1, 0.15) is 11.7 Å². The minimum absolute atomic E-state index is 0.227. The third-order valence-electron chi connectivity index (χ3n) is 2.87. The van der Waals surface area contributed by atoms with E-state index in [2.05, 4.69) is 11.9 Å². The SMILES string of the molecule is C=CC(OC(=O)CCC(=O)O)[C@H](CC(C)C)NC(=O)OC(C)(C)C. The lowest BCUT2D eigenvalue weighted by Gasteiger charge is -2.28. The highest BCUT2D eigenvalue weighted by molar-refractivity contribution is 5.76. The van der Waals surface area contributed by atoms with Gasteiger partial charge >= 0.3 is 18.0 Å². The first-order valence-electron chi connectivity index (χ1n) is 7.98. The topological polar surface area (TPSA) is 102 Å². The molecule has 7 nitrogen and oxygen atoms in total. The number of ether oxygens (including phenoxy) is 2. The van der Waals surface area contributed by atoms with Crippen LogP contribution in [0.3, 0.4) is 0 Å². The van der Waals surface area contributed by atoms with Gasteiger partial charge in [0.05, 0.1) is 18.9 Å². The second kappa shape index (κ2) is 9.95. The predicted molar refractivity (Wildman–Crippen MR) is 89.6 cm³/mol. The number of carbonyl (C=O) groups is 3.